The van der Waals surface area contributed by atoms with Gasteiger partial charge in [0.1, 0.15) is 11.3 Å². The van der Waals surface area contributed by atoms with Gasteiger partial charge in [0.15, 0.2) is 5.76 Å². The van der Waals surface area contributed by atoms with Gasteiger partial charge < -0.3 is 14.3 Å². The Morgan fingerprint density at radius 2 is 2.13 bits per heavy atom. The number of aromatic hydroxyl groups is 1. The van der Waals surface area contributed by atoms with Crippen molar-refractivity contribution in [1.82, 2.24) is 0 Å². The Morgan fingerprint density at radius 3 is 2.83 bits per heavy atom. The summed E-state index contributed by atoms with van der Waals surface area (Å²) in [5.41, 5.74) is 1.61. The van der Waals surface area contributed by atoms with Crippen molar-refractivity contribution in [2.75, 3.05) is 7.11 Å². The van der Waals surface area contributed by atoms with Crippen molar-refractivity contribution in [2.24, 2.45) is 0 Å². The van der Waals surface area contributed by atoms with Crippen LogP contribution in [0.2, 0.25) is 0 Å². The number of thiophene rings is 1. The van der Waals surface area contributed by atoms with Crippen molar-refractivity contribution in [3.8, 4) is 5.75 Å². The summed E-state index contributed by atoms with van der Waals surface area (Å²) in [5.74, 6) is -0.331. The first-order valence-electron chi connectivity index (χ1n) is 6.98. The second-order valence-electron chi connectivity index (χ2n) is 5.01. The molecule has 6 heteroatoms. The molecule has 0 aliphatic heterocycles. The molecule has 0 spiro atoms. The van der Waals surface area contributed by atoms with Crippen molar-refractivity contribution < 1.29 is 23.8 Å². The zero-order chi connectivity index (χ0) is 16.4. The molecule has 0 aliphatic carbocycles. The molecule has 5 nitrogen and oxygen atoms in total. The highest BCUT2D eigenvalue weighted by atomic mass is 32.1. The lowest BCUT2D eigenvalue weighted by Gasteiger charge is -2.02. The van der Waals surface area contributed by atoms with Crippen LogP contribution in [0, 0.1) is 0 Å². The van der Waals surface area contributed by atoms with E-state index < -0.39 is 0 Å². The average Bonchev–Trinajstić information content (AvgIpc) is 3.19. The summed E-state index contributed by atoms with van der Waals surface area (Å²) in [4.78, 5) is 24.1. The zero-order valence-electron chi connectivity index (χ0n) is 12.4. The predicted molar refractivity (Wildman–Crippen MR) is 86.0 cm³/mol. The maximum Gasteiger partial charge on any atom is 0.305 e. The van der Waals surface area contributed by atoms with E-state index in [2.05, 4.69) is 4.74 Å². The summed E-state index contributed by atoms with van der Waals surface area (Å²) in [6.07, 6.45) is 0.478. The van der Waals surface area contributed by atoms with E-state index in [1.807, 2.05) is 5.38 Å². The predicted octanol–water partition coefficient (Wildman–Crippen LogP) is 3.54. The molecule has 23 heavy (non-hydrogen) atoms. The molecule has 3 rings (SSSR count). The van der Waals surface area contributed by atoms with Crippen molar-refractivity contribution in [3.05, 3.63) is 51.9 Å². The first kappa shape index (κ1) is 15.3. The van der Waals surface area contributed by atoms with Gasteiger partial charge in [0.2, 0.25) is 5.78 Å². The average molecular weight is 330 g/mol. The number of carbonyl (C=O) groups excluding carboxylic acids is 2. The van der Waals surface area contributed by atoms with Gasteiger partial charge in [-0.05, 0) is 30.0 Å². The van der Waals surface area contributed by atoms with Crippen LogP contribution in [0.4, 0.5) is 0 Å². The fourth-order valence-electron chi connectivity index (χ4n) is 2.42. The molecule has 0 bridgehead atoms. The van der Waals surface area contributed by atoms with E-state index in [0.29, 0.717) is 28.5 Å². The summed E-state index contributed by atoms with van der Waals surface area (Å²) in [5, 5.41) is 13.9. The summed E-state index contributed by atoms with van der Waals surface area (Å²) < 4.78 is 10.3. The molecule has 1 N–H and O–H groups in total. The van der Waals surface area contributed by atoms with E-state index >= 15 is 0 Å². The highest BCUT2D eigenvalue weighted by Crippen LogP contribution is 2.31. The minimum Gasteiger partial charge on any atom is -0.508 e. The Labute approximate surface area is 136 Å². The van der Waals surface area contributed by atoms with E-state index in [9.17, 15) is 14.7 Å². The maximum absolute atomic E-state index is 12.6. The minimum absolute atomic E-state index is 0.0558. The lowest BCUT2D eigenvalue weighted by atomic mass is 10.0. The van der Waals surface area contributed by atoms with Crippen molar-refractivity contribution in [2.45, 2.75) is 12.8 Å². The number of rotatable bonds is 5. The summed E-state index contributed by atoms with van der Waals surface area (Å²) in [6, 6.07) is 6.40. The van der Waals surface area contributed by atoms with E-state index in [-0.39, 0.29) is 29.7 Å². The quantitative estimate of drug-likeness (QED) is 0.572. The van der Waals surface area contributed by atoms with Crippen LogP contribution < -0.4 is 0 Å². The number of phenols is 1. The monoisotopic (exact) mass is 330 g/mol. The molecule has 0 aliphatic rings. The van der Waals surface area contributed by atoms with Crippen LogP contribution in [-0.2, 0) is 16.0 Å². The summed E-state index contributed by atoms with van der Waals surface area (Å²) in [7, 11) is 1.32. The Balaban J connectivity index is 2.07. The number of ketones is 1. The highest BCUT2D eigenvalue weighted by Gasteiger charge is 2.23. The molecular weight excluding hydrogens is 316 g/mol. The van der Waals surface area contributed by atoms with Gasteiger partial charge in [0.05, 0.1) is 7.11 Å². The van der Waals surface area contributed by atoms with Crippen molar-refractivity contribution in [1.29, 1.82) is 0 Å². The molecule has 0 fully saturated rings. The largest absolute Gasteiger partial charge is 0.508 e. The fourth-order valence-corrected chi connectivity index (χ4v) is 3.06. The third kappa shape index (κ3) is 2.98. The lowest BCUT2D eigenvalue weighted by molar-refractivity contribution is -0.140. The normalized spacial score (nSPS) is 10.8. The third-order valence-electron chi connectivity index (χ3n) is 3.57. The minimum atomic E-state index is -0.355. The SMILES string of the molecule is COC(=O)CCc1c(C(=O)c2ccsc2)oc2cc(O)ccc12. The smallest absolute Gasteiger partial charge is 0.305 e. The molecule has 1 aromatic carbocycles. The second-order valence-corrected chi connectivity index (χ2v) is 5.79. The number of phenolic OH excluding ortho intramolecular Hbond substituents is 1. The van der Waals surface area contributed by atoms with Gasteiger partial charge in [-0.1, -0.05) is 0 Å². The number of methoxy groups -OCH3 is 1. The molecular formula is C17H14O5S. The van der Waals surface area contributed by atoms with Gasteiger partial charge >= 0.3 is 5.97 Å². The van der Waals surface area contributed by atoms with Crippen LogP contribution >= 0.6 is 11.3 Å². The Hall–Kier alpha value is -2.60. The number of hydrogen-bond donors (Lipinski definition) is 1. The van der Waals surface area contributed by atoms with Gasteiger partial charge in [-0.15, -0.1) is 0 Å². The first-order valence-corrected chi connectivity index (χ1v) is 7.92. The molecule has 0 amide bonds. The molecule has 2 aromatic heterocycles. The van der Waals surface area contributed by atoms with Crippen LogP contribution in [0.3, 0.4) is 0 Å². The molecule has 2 heterocycles. The van der Waals surface area contributed by atoms with Crippen LogP contribution in [-0.4, -0.2) is 24.0 Å². The molecule has 118 valence electrons. The number of fused-ring (bicyclic) bond motifs is 1. The molecule has 0 atom stereocenters. The number of furan rings is 1. The van der Waals surface area contributed by atoms with Gasteiger partial charge in [0, 0.05) is 34.4 Å². The van der Waals surface area contributed by atoms with Gasteiger partial charge in [-0.25, -0.2) is 0 Å². The molecule has 3 aromatic rings. The van der Waals surface area contributed by atoms with E-state index in [1.165, 1.54) is 30.6 Å². The van der Waals surface area contributed by atoms with E-state index in [1.54, 1.807) is 17.5 Å². The molecule has 0 saturated heterocycles. The van der Waals surface area contributed by atoms with Crippen molar-refractivity contribution in [3.63, 3.8) is 0 Å². The van der Waals surface area contributed by atoms with Crippen LogP contribution in [0.25, 0.3) is 11.0 Å². The van der Waals surface area contributed by atoms with Gasteiger partial charge in [0.25, 0.3) is 0 Å². The van der Waals surface area contributed by atoms with Crippen LogP contribution in [0.15, 0.2) is 39.4 Å². The number of hydrogen-bond acceptors (Lipinski definition) is 6. The van der Waals surface area contributed by atoms with Crippen molar-refractivity contribution >= 4 is 34.1 Å². The molecule has 0 saturated carbocycles. The fraction of sp³-hybridized carbons (Fsp3) is 0.176. The molecule has 0 unspecified atom stereocenters. The Bertz CT molecular complexity index is 861. The van der Waals surface area contributed by atoms with Gasteiger partial charge in [-0.2, -0.15) is 11.3 Å². The van der Waals surface area contributed by atoms with Gasteiger partial charge in [-0.3, -0.25) is 9.59 Å². The number of carbonyl (C=O) groups is 2. The number of ether oxygens (including phenoxy) is 1. The van der Waals surface area contributed by atoms with Crippen LogP contribution in [0.5, 0.6) is 5.75 Å². The molecule has 0 radical (unpaired) electrons. The number of esters is 1. The summed E-state index contributed by atoms with van der Waals surface area (Å²) in [6.45, 7) is 0. The number of aryl methyl sites for hydroxylation is 1. The lowest BCUT2D eigenvalue weighted by Crippen LogP contribution is -2.06. The zero-order valence-corrected chi connectivity index (χ0v) is 13.2. The third-order valence-corrected chi connectivity index (χ3v) is 4.26. The van der Waals surface area contributed by atoms with E-state index in [0.717, 1.165) is 0 Å². The van der Waals surface area contributed by atoms with E-state index in [4.69, 9.17) is 4.42 Å². The highest BCUT2D eigenvalue weighted by molar-refractivity contribution is 7.08. The Kier molecular flexibility index (Phi) is 4.16. The summed E-state index contributed by atoms with van der Waals surface area (Å²) >= 11 is 1.42. The topological polar surface area (TPSA) is 76.7 Å². The van der Waals surface area contributed by atoms with Crippen LogP contribution in [0.1, 0.15) is 28.1 Å². The Morgan fingerprint density at radius 1 is 1.30 bits per heavy atom. The first-order chi connectivity index (χ1) is 11.1. The standard InChI is InChI=1S/C17H14O5S/c1-21-15(19)5-4-13-12-3-2-11(18)8-14(12)22-17(13)16(20)10-6-7-23-9-10/h2-3,6-9,18H,4-5H2,1H3. The second kappa shape index (κ2) is 6.26. The number of benzene rings is 1. The maximum atomic E-state index is 12.6.